The second kappa shape index (κ2) is 3.87. The van der Waals surface area contributed by atoms with Crippen LogP contribution in [-0.2, 0) is 6.54 Å². The summed E-state index contributed by atoms with van der Waals surface area (Å²) in [5.74, 6) is 1.74. The summed E-state index contributed by atoms with van der Waals surface area (Å²) in [6, 6.07) is 8.61. The summed E-state index contributed by atoms with van der Waals surface area (Å²) in [5.41, 5.74) is 8.29. The molecule has 2 aromatic rings. The molecule has 3 rings (SSSR count). The second-order valence-electron chi connectivity index (χ2n) is 4.66. The molecule has 4 heteroatoms. The third kappa shape index (κ3) is 1.79. The van der Waals surface area contributed by atoms with Crippen LogP contribution in [0.15, 0.2) is 24.3 Å². The Morgan fingerprint density at radius 1 is 1.41 bits per heavy atom. The number of aryl methyl sites for hydroxylation is 2. The molecule has 4 nitrogen and oxygen atoms in total. The predicted octanol–water partition coefficient (Wildman–Crippen LogP) is 2.09. The van der Waals surface area contributed by atoms with Gasteiger partial charge in [-0.2, -0.15) is 4.98 Å². The molecule has 0 bridgehead atoms. The molecule has 1 aromatic carbocycles. The number of nitrogens with two attached hydrogens (primary N) is 1. The van der Waals surface area contributed by atoms with Crippen molar-refractivity contribution in [3.05, 3.63) is 41.2 Å². The van der Waals surface area contributed by atoms with Crippen molar-refractivity contribution >= 4 is 5.95 Å². The molecule has 0 saturated heterocycles. The van der Waals surface area contributed by atoms with Gasteiger partial charge in [0.05, 0.1) is 0 Å². The molecule has 88 valence electrons. The van der Waals surface area contributed by atoms with Crippen molar-refractivity contribution in [2.24, 2.45) is 0 Å². The molecule has 0 amide bonds. The molecule has 0 fully saturated rings. The molecule has 0 radical (unpaired) electrons. The molecular weight excluding hydrogens is 212 g/mol. The maximum absolute atomic E-state index is 5.69. The standard InChI is InChI=1S/C13H16N4/c1-9-4-2-5-10(8-9)11-6-3-7-17-12(11)15-13(14)16-17/h2,4-5,8,11H,3,6-7H2,1H3,(H2,14,16). The van der Waals surface area contributed by atoms with Crippen LogP contribution in [0.4, 0.5) is 5.95 Å². The van der Waals surface area contributed by atoms with Gasteiger partial charge in [0.2, 0.25) is 5.95 Å². The van der Waals surface area contributed by atoms with Crippen LogP contribution in [0.2, 0.25) is 0 Å². The van der Waals surface area contributed by atoms with E-state index in [2.05, 4.69) is 41.3 Å². The number of anilines is 1. The fraction of sp³-hybridized carbons (Fsp3) is 0.385. The lowest BCUT2D eigenvalue weighted by Crippen LogP contribution is -2.18. The van der Waals surface area contributed by atoms with Gasteiger partial charge in [-0.15, -0.1) is 5.10 Å². The molecule has 0 saturated carbocycles. The maximum Gasteiger partial charge on any atom is 0.239 e. The van der Waals surface area contributed by atoms with E-state index in [4.69, 9.17) is 5.73 Å². The van der Waals surface area contributed by atoms with Gasteiger partial charge in [0.15, 0.2) is 0 Å². The van der Waals surface area contributed by atoms with Crippen molar-refractivity contribution in [3.8, 4) is 0 Å². The topological polar surface area (TPSA) is 56.7 Å². The van der Waals surface area contributed by atoms with E-state index in [1.165, 1.54) is 11.1 Å². The zero-order chi connectivity index (χ0) is 11.8. The average molecular weight is 228 g/mol. The van der Waals surface area contributed by atoms with E-state index in [-0.39, 0.29) is 0 Å². The fourth-order valence-corrected chi connectivity index (χ4v) is 2.57. The van der Waals surface area contributed by atoms with Crippen molar-refractivity contribution in [2.45, 2.75) is 32.2 Å². The molecule has 1 aliphatic rings. The van der Waals surface area contributed by atoms with Gasteiger partial charge < -0.3 is 5.73 Å². The summed E-state index contributed by atoms with van der Waals surface area (Å²) >= 11 is 0. The highest BCUT2D eigenvalue weighted by atomic mass is 15.4. The quantitative estimate of drug-likeness (QED) is 0.813. The van der Waals surface area contributed by atoms with E-state index in [0.29, 0.717) is 11.9 Å². The number of aromatic nitrogens is 3. The Bertz CT molecular complexity index is 544. The summed E-state index contributed by atoms with van der Waals surface area (Å²) in [6.45, 7) is 3.05. The number of hydrogen-bond donors (Lipinski definition) is 1. The highest BCUT2D eigenvalue weighted by molar-refractivity contribution is 5.31. The van der Waals surface area contributed by atoms with Crippen LogP contribution >= 0.6 is 0 Å². The first-order valence-electron chi connectivity index (χ1n) is 6.01. The third-order valence-electron chi connectivity index (χ3n) is 3.34. The summed E-state index contributed by atoms with van der Waals surface area (Å²) in [4.78, 5) is 4.37. The molecule has 0 spiro atoms. The summed E-state index contributed by atoms with van der Waals surface area (Å²) < 4.78 is 1.95. The van der Waals surface area contributed by atoms with Crippen molar-refractivity contribution in [3.63, 3.8) is 0 Å². The SMILES string of the molecule is Cc1cccc(C2CCCn3nc(N)nc32)c1. The van der Waals surface area contributed by atoms with Crippen LogP contribution in [-0.4, -0.2) is 14.8 Å². The number of rotatable bonds is 1. The van der Waals surface area contributed by atoms with E-state index in [1.54, 1.807) is 0 Å². The Labute approximate surface area is 100 Å². The first-order valence-corrected chi connectivity index (χ1v) is 6.01. The van der Waals surface area contributed by atoms with Crippen LogP contribution in [0, 0.1) is 6.92 Å². The predicted molar refractivity (Wildman–Crippen MR) is 66.7 cm³/mol. The highest BCUT2D eigenvalue weighted by Gasteiger charge is 2.25. The van der Waals surface area contributed by atoms with Gasteiger partial charge in [-0.3, -0.25) is 0 Å². The molecule has 0 aliphatic carbocycles. The normalized spacial score (nSPS) is 19.0. The Morgan fingerprint density at radius 3 is 3.12 bits per heavy atom. The lowest BCUT2D eigenvalue weighted by molar-refractivity contribution is 0.446. The van der Waals surface area contributed by atoms with Gasteiger partial charge in [0, 0.05) is 12.5 Å². The van der Waals surface area contributed by atoms with Gasteiger partial charge in [-0.05, 0) is 25.3 Å². The second-order valence-corrected chi connectivity index (χ2v) is 4.66. The minimum atomic E-state index is 0.341. The average Bonchev–Trinajstić information content (AvgIpc) is 2.68. The first-order chi connectivity index (χ1) is 8.24. The lowest BCUT2D eigenvalue weighted by Gasteiger charge is -2.22. The smallest absolute Gasteiger partial charge is 0.239 e. The molecule has 1 unspecified atom stereocenters. The molecule has 17 heavy (non-hydrogen) atoms. The van der Waals surface area contributed by atoms with E-state index >= 15 is 0 Å². The van der Waals surface area contributed by atoms with E-state index in [1.807, 2.05) is 4.68 Å². The zero-order valence-corrected chi connectivity index (χ0v) is 9.93. The minimum Gasteiger partial charge on any atom is -0.366 e. The van der Waals surface area contributed by atoms with Crippen molar-refractivity contribution in [2.75, 3.05) is 5.73 Å². The van der Waals surface area contributed by atoms with E-state index < -0.39 is 0 Å². The van der Waals surface area contributed by atoms with Gasteiger partial charge in [-0.1, -0.05) is 29.8 Å². The van der Waals surface area contributed by atoms with Crippen molar-refractivity contribution < 1.29 is 0 Å². The van der Waals surface area contributed by atoms with Crippen LogP contribution in [0.25, 0.3) is 0 Å². The molecule has 1 atom stereocenters. The zero-order valence-electron chi connectivity index (χ0n) is 9.93. The third-order valence-corrected chi connectivity index (χ3v) is 3.34. The van der Waals surface area contributed by atoms with Crippen LogP contribution in [0.1, 0.15) is 35.7 Å². The summed E-state index contributed by atoms with van der Waals surface area (Å²) in [5, 5.41) is 4.23. The highest BCUT2D eigenvalue weighted by Crippen LogP contribution is 2.32. The van der Waals surface area contributed by atoms with E-state index in [9.17, 15) is 0 Å². The van der Waals surface area contributed by atoms with Gasteiger partial charge in [-0.25, -0.2) is 4.68 Å². The molecule has 1 aliphatic heterocycles. The van der Waals surface area contributed by atoms with Gasteiger partial charge >= 0.3 is 0 Å². The summed E-state index contributed by atoms with van der Waals surface area (Å²) in [7, 11) is 0. The summed E-state index contributed by atoms with van der Waals surface area (Å²) in [6.07, 6.45) is 2.26. The first kappa shape index (κ1) is 10.3. The minimum absolute atomic E-state index is 0.341. The maximum atomic E-state index is 5.69. The van der Waals surface area contributed by atoms with Crippen LogP contribution in [0.5, 0.6) is 0 Å². The Hall–Kier alpha value is -1.84. The number of hydrogen-bond acceptors (Lipinski definition) is 3. The van der Waals surface area contributed by atoms with Gasteiger partial charge in [0.25, 0.3) is 0 Å². The monoisotopic (exact) mass is 228 g/mol. The largest absolute Gasteiger partial charge is 0.366 e. The Kier molecular flexibility index (Phi) is 2.35. The number of benzene rings is 1. The molecule has 1 aromatic heterocycles. The van der Waals surface area contributed by atoms with Crippen LogP contribution < -0.4 is 5.73 Å². The van der Waals surface area contributed by atoms with Crippen molar-refractivity contribution in [1.82, 2.24) is 14.8 Å². The molecular formula is C13H16N4. The van der Waals surface area contributed by atoms with Gasteiger partial charge in [0.1, 0.15) is 5.82 Å². The Balaban J connectivity index is 2.05. The Morgan fingerprint density at radius 2 is 2.29 bits per heavy atom. The van der Waals surface area contributed by atoms with E-state index in [0.717, 1.165) is 25.2 Å². The van der Waals surface area contributed by atoms with Crippen LogP contribution in [0.3, 0.4) is 0 Å². The fourth-order valence-electron chi connectivity index (χ4n) is 2.57. The lowest BCUT2D eigenvalue weighted by atomic mass is 9.90. The molecule has 2 N–H and O–H groups in total. The number of fused-ring (bicyclic) bond motifs is 1. The number of nitrogen functional groups attached to an aromatic ring is 1. The number of nitrogens with zero attached hydrogens (tertiary/aromatic N) is 3. The van der Waals surface area contributed by atoms with Crippen molar-refractivity contribution in [1.29, 1.82) is 0 Å². The molecule has 2 heterocycles.